The minimum Gasteiger partial charge on any atom is -0.490 e. The molecule has 0 bridgehead atoms. The van der Waals surface area contributed by atoms with E-state index >= 15 is 0 Å². The molecule has 0 spiro atoms. The number of amides is 1. The number of anilines is 1. The Morgan fingerprint density at radius 1 is 1.17 bits per heavy atom. The molecule has 1 amide bonds. The first-order chi connectivity index (χ1) is 14.5. The summed E-state index contributed by atoms with van der Waals surface area (Å²) in [4.78, 5) is 12.7. The predicted octanol–water partition coefficient (Wildman–Crippen LogP) is 5.13. The highest BCUT2D eigenvalue weighted by atomic mass is 19.1. The van der Waals surface area contributed by atoms with Gasteiger partial charge in [0.15, 0.2) is 0 Å². The first-order valence-electron chi connectivity index (χ1n) is 10.4. The number of aryl methyl sites for hydroxylation is 1. The fourth-order valence-corrected chi connectivity index (χ4v) is 3.98. The maximum Gasteiger partial charge on any atom is 0.228 e. The molecule has 1 aromatic heterocycles. The summed E-state index contributed by atoms with van der Waals surface area (Å²) >= 11 is 0. The van der Waals surface area contributed by atoms with Crippen molar-refractivity contribution in [3.05, 3.63) is 71.3 Å². The highest BCUT2D eigenvalue weighted by molar-refractivity contribution is 5.92. The molecule has 0 aliphatic heterocycles. The van der Waals surface area contributed by atoms with E-state index in [2.05, 4.69) is 10.4 Å². The van der Waals surface area contributed by atoms with Crippen LogP contribution in [-0.2, 0) is 11.2 Å². The number of hydrogen-bond donors (Lipinski definition) is 1. The van der Waals surface area contributed by atoms with Gasteiger partial charge in [-0.1, -0.05) is 6.07 Å². The Balaban J connectivity index is 1.45. The van der Waals surface area contributed by atoms with Gasteiger partial charge < -0.3 is 10.1 Å². The first kappa shape index (κ1) is 20.1. The smallest absolute Gasteiger partial charge is 0.228 e. The summed E-state index contributed by atoms with van der Waals surface area (Å²) < 4.78 is 21.0. The maximum atomic E-state index is 13.2. The van der Waals surface area contributed by atoms with Gasteiger partial charge in [-0.2, -0.15) is 5.10 Å². The summed E-state index contributed by atoms with van der Waals surface area (Å²) in [5, 5.41) is 7.50. The number of aromatic nitrogens is 2. The van der Waals surface area contributed by atoms with Gasteiger partial charge in [0.25, 0.3) is 0 Å². The van der Waals surface area contributed by atoms with Crippen LogP contribution in [0.1, 0.15) is 42.6 Å². The number of benzene rings is 2. The van der Waals surface area contributed by atoms with E-state index < -0.39 is 0 Å². The number of ether oxygens (including phenoxy) is 1. The standard InChI is InChI=1S/C24H26FN3O2/c1-16-23(17(2)28(27-16)20-12-10-18(25)11-13-20)15-24(29)26-19-6-5-9-22(14-19)30-21-7-3-4-8-21/h5-6,9-14,21H,3-4,7-8,15H2,1-2H3,(H,26,29). The van der Waals surface area contributed by atoms with Crippen LogP contribution in [0.15, 0.2) is 48.5 Å². The molecule has 1 heterocycles. The van der Waals surface area contributed by atoms with Gasteiger partial charge in [0.2, 0.25) is 5.91 Å². The van der Waals surface area contributed by atoms with Crippen molar-refractivity contribution in [2.45, 2.75) is 52.1 Å². The molecule has 30 heavy (non-hydrogen) atoms. The number of hydrogen-bond acceptors (Lipinski definition) is 3. The van der Waals surface area contributed by atoms with Crippen LogP contribution in [0.5, 0.6) is 5.75 Å². The van der Waals surface area contributed by atoms with Crippen molar-refractivity contribution in [1.29, 1.82) is 0 Å². The molecule has 1 saturated carbocycles. The van der Waals surface area contributed by atoms with Crippen LogP contribution in [0, 0.1) is 19.7 Å². The molecule has 1 aliphatic rings. The first-order valence-corrected chi connectivity index (χ1v) is 10.4. The SMILES string of the molecule is Cc1nn(-c2ccc(F)cc2)c(C)c1CC(=O)Nc1cccc(OC2CCCC2)c1. The number of rotatable bonds is 6. The Morgan fingerprint density at radius 2 is 1.90 bits per heavy atom. The van der Waals surface area contributed by atoms with Crippen molar-refractivity contribution in [3.8, 4) is 11.4 Å². The van der Waals surface area contributed by atoms with E-state index in [0.717, 1.165) is 46.9 Å². The summed E-state index contributed by atoms with van der Waals surface area (Å²) in [6.07, 6.45) is 5.10. The number of nitrogens with zero attached hydrogens (tertiary/aromatic N) is 2. The Kier molecular flexibility index (Phi) is 5.84. The molecule has 0 unspecified atom stereocenters. The zero-order valence-electron chi connectivity index (χ0n) is 17.3. The fourth-order valence-electron chi connectivity index (χ4n) is 3.98. The van der Waals surface area contributed by atoms with Gasteiger partial charge in [-0.05, 0) is 75.9 Å². The second-order valence-electron chi connectivity index (χ2n) is 7.81. The lowest BCUT2D eigenvalue weighted by Gasteiger charge is -2.14. The molecule has 4 rings (SSSR count). The quantitative estimate of drug-likeness (QED) is 0.616. The molecular formula is C24H26FN3O2. The van der Waals surface area contributed by atoms with Crippen molar-refractivity contribution in [1.82, 2.24) is 9.78 Å². The molecule has 2 aromatic carbocycles. The van der Waals surface area contributed by atoms with Crippen molar-refractivity contribution >= 4 is 11.6 Å². The molecule has 1 N–H and O–H groups in total. The third-order valence-electron chi connectivity index (χ3n) is 5.57. The zero-order valence-corrected chi connectivity index (χ0v) is 17.3. The van der Waals surface area contributed by atoms with Gasteiger partial charge in [-0.3, -0.25) is 4.79 Å². The molecule has 6 heteroatoms. The average Bonchev–Trinajstić information content (AvgIpc) is 3.32. The predicted molar refractivity (Wildman–Crippen MR) is 115 cm³/mol. The number of nitrogens with one attached hydrogen (secondary N) is 1. The Labute approximate surface area is 175 Å². The van der Waals surface area contributed by atoms with Crippen molar-refractivity contribution in [2.75, 3.05) is 5.32 Å². The number of carbonyl (C=O) groups is 1. The lowest BCUT2D eigenvalue weighted by Crippen LogP contribution is -2.16. The van der Waals surface area contributed by atoms with Gasteiger partial charge in [0.05, 0.1) is 23.9 Å². The third-order valence-corrected chi connectivity index (χ3v) is 5.57. The molecule has 3 aromatic rings. The maximum absolute atomic E-state index is 13.2. The van der Waals surface area contributed by atoms with E-state index in [4.69, 9.17) is 4.74 Å². The third kappa shape index (κ3) is 4.53. The molecule has 0 atom stereocenters. The summed E-state index contributed by atoms with van der Waals surface area (Å²) in [5.41, 5.74) is 4.00. The van der Waals surface area contributed by atoms with Crippen LogP contribution in [-0.4, -0.2) is 21.8 Å². The molecule has 0 saturated heterocycles. The molecule has 0 radical (unpaired) electrons. The van der Waals surface area contributed by atoms with Gasteiger partial charge in [0.1, 0.15) is 11.6 Å². The van der Waals surface area contributed by atoms with E-state index in [1.807, 2.05) is 38.1 Å². The van der Waals surface area contributed by atoms with Crippen LogP contribution in [0.25, 0.3) is 5.69 Å². The van der Waals surface area contributed by atoms with E-state index in [9.17, 15) is 9.18 Å². The zero-order chi connectivity index (χ0) is 21.1. The molecule has 5 nitrogen and oxygen atoms in total. The second kappa shape index (κ2) is 8.69. The van der Waals surface area contributed by atoms with Crippen molar-refractivity contribution < 1.29 is 13.9 Å². The second-order valence-corrected chi connectivity index (χ2v) is 7.81. The summed E-state index contributed by atoms with van der Waals surface area (Å²) in [7, 11) is 0. The minimum atomic E-state index is -0.293. The van der Waals surface area contributed by atoms with E-state index in [0.29, 0.717) is 0 Å². The largest absolute Gasteiger partial charge is 0.490 e. The molecule has 1 aliphatic carbocycles. The summed E-state index contributed by atoms with van der Waals surface area (Å²) in [6, 6.07) is 13.7. The summed E-state index contributed by atoms with van der Waals surface area (Å²) in [6.45, 7) is 3.80. The Morgan fingerprint density at radius 3 is 2.63 bits per heavy atom. The molecule has 1 fully saturated rings. The van der Waals surface area contributed by atoms with Crippen molar-refractivity contribution in [2.24, 2.45) is 0 Å². The average molecular weight is 407 g/mol. The minimum absolute atomic E-state index is 0.113. The fraction of sp³-hybridized carbons (Fsp3) is 0.333. The number of carbonyl (C=O) groups excluding carboxylic acids is 1. The highest BCUT2D eigenvalue weighted by Crippen LogP contribution is 2.26. The Hall–Kier alpha value is -3.15. The monoisotopic (exact) mass is 407 g/mol. The lowest BCUT2D eigenvalue weighted by atomic mass is 10.1. The summed E-state index contributed by atoms with van der Waals surface area (Å²) in [5.74, 6) is 0.382. The van der Waals surface area contributed by atoms with Gasteiger partial charge in [-0.15, -0.1) is 0 Å². The van der Waals surface area contributed by atoms with Crippen molar-refractivity contribution in [3.63, 3.8) is 0 Å². The highest BCUT2D eigenvalue weighted by Gasteiger charge is 2.18. The normalized spacial score (nSPS) is 14.1. The molecular weight excluding hydrogens is 381 g/mol. The Bertz CT molecular complexity index is 1040. The van der Waals surface area contributed by atoms with E-state index in [1.54, 1.807) is 16.8 Å². The van der Waals surface area contributed by atoms with Gasteiger partial charge in [0, 0.05) is 23.0 Å². The number of halogens is 1. The van der Waals surface area contributed by atoms with E-state index in [1.165, 1.54) is 25.0 Å². The van der Waals surface area contributed by atoms with Crippen LogP contribution in [0.4, 0.5) is 10.1 Å². The lowest BCUT2D eigenvalue weighted by molar-refractivity contribution is -0.115. The van der Waals surface area contributed by atoms with Crippen LogP contribution in [0.2, 0.25) is 0 Å². The van der Waals surface area contributed by atoms with E-state index in [-0.39, 0.29) is 24.2 Å². The van der Waals surface area contributed by atoms with Crippen LogP contribution >= 0.6 is 0 Å². The van der Waals surface area contributed by atoms with Gasteiger partial charge in [-0.25, -0.2) is 9.07 Å². The molecule has 156 valence electrons. The topological polar surface area (TPSA) is 56.2 Å². The van der Waals surface area contributed by atoms with Gasteiger partial charge >= 0.3 is 0 Å². The van der Waals surface area contributed by atoms with Crippen LogP contribution in [0.3, 0.4) is 0 Å². The van der Waals surface area contributed by atoms with Crippen LogP contribution < -0.4 is 10.1 Å².